The summed E-state index contributed by atoms with van der Waals surface area (Å²) in [6, 6.07) is 7.46. The molecule has 0 saturated carbocycles. The van der Waals surface area contributed by atoms with E-state index < -0.39 is 0 Å². The third-order valence-electron chi connectivity index (χ3n) is 4.49. The van der Waals surface area contributed by atoms with Gasteiger partial charge in [0.25, 0.3) is 5.91 Å². The predicted octanol–water partition coefficient (Wildman–Crippen LogP) is 2.71. The maximum absolute atomic E-state index is 12.7. The average molecular weight is 377 g/mol. The van der Waals surface area contributed by atoms with E-state index in [0.29, 0.717) is 17.1 Å². The van der Waals surface area contributed by atoms with Crippen LogP contribution in [0.4, 0.5) is 0 Å². The van der Waals surface area contributed by atoms with Gasteiger partial charge in [0, 0.05) is 31.2 Å². The minimum atomic E-state index is -0.0813. The Morgan fingerprint density at radius 2 is 1.96 bits per heavy atom. The first-order valence-electron chi connectivity index (χ1n) is 8.98. The molecule has 1 N–H and O–H groups in total. The van der Waals surface area contributed by atoms with Gasteiger partial charge in [-0.15, -0.1) is 0 Å². The summed E-state index contributed by atoms with van der Waals surface area (Å²) in [5.41, 5.74) is 2.42. The van der Waals surface area contributed by atoms with Crippen molar-refractivity contribution in [2.45, 2.75) is 19.8 Å². The van der Waals surface area contributed by atoms with Crippen molar-refractivity contribution in [3.05, 3.63) is 46.7 Å². The smallest absolute Gasteiger partial charge is 0.254 e. The normalized spacial score (nSPS) is 15.4. The van der Waals surface area contributed by atoms with Gasteiger partial charge in [-0.2, -0.15) is 5.10 Å². The molecule has 140 valence electrons. The monoisotopic (exact) mass is 376 g/mol. The van der Waals surface area contributed by atoms with Crippen molar-refractivity contribution in [2.24, 2.45) is 0 Å². The molecule has 0 radical (unpaired) electrons. The van der Waals surface area contributed by atoms with Crippen molar-refractivity contribution in [1.82, 2.24) is 20.0 Å². The van der Waals surface area contributed by atoms with E-state index >= 15 is 0 Å². The first-order valence-corrected chi connectivity index (χ1v) is 9.36. The topological polar surface area (TPSA) is 59.4 Å². The number of nitrogens with one attached hydrogen (secondary N) is 1. The van der Waals surface area contributed by atoms with E-state index in [1.807, 2.05) is 28.9 Å². The largest absolute Gasteiger partial charge is 0.379 e. The molecule has 6 nitrogen and oxygen atoms in total. The molecule has 2 heterocycles. The van der Waals surface area contributed by atoms with Crippen LogP contribution in [0, 0.1) is 0 Å². The lowest BCUT2D eigenvalue weighted by Crippen LogP contribution is -2.41. The molecule has 1 amide bonds. The summed E-state index contributed by atoms with van der Waals surface area (Å²) in [5, 5.41) is 8.14. The number of hydrogen-bond donors (Lipinski definition) is 1. The highest BCUT2D eigenvalue weighted by Crippen LogP contribution is 2.24. The van der Waals surface area contributed by atoms with Gasteiger partial charge in [-0.25, -0.2) is 4.68 Å². The Balaban J connectivity index is 1.70. The Morgan fingerprint density at radius 1 is 1.27 bits per heavy atom. The Morgan fingerprint density at radius 3 is 2.62 bits per heavy atom. The summed E-state index contributed by atoms with van der Waals surface area (Å²) >= 11 is 5.97. The van der Waals surface area contributed by atoms with Crippen LogP contribution in [-0.2, 0) is 4.74 Å². The first kappa shape index (κ1) is 18.9. The van der Waals surface area contributed by atoms with Gasteiger partial charge >= 0.3 is 0 Å². The van der Waals surface area contributed by atoms with Gasteiger partial charge in [0.15, 0.2) is 0 Å². The molecule has 1 aliphatic rings. The van der Waals surface area contributed by atoms with Crippen LogP contribution in [0.15, 0.2) is 30.5 Å². The van der Waals surface area contributed by atoms with Crippen LogP contribution in [0.3, 0.4) is 0 Å². The van der Waals surface area contributed by atoms with Crippen LogP contribution >= 0.6 is 11.6 Å². The van der Waals surface area contributed by atoms with Crippen molar-refractivity contribution >= 4 is 17.5 Å². The highest BCUT2D eigenvalue weighted by Gasteiger charge is 2.21. The highest BCUT2D eigenvalue weighted by molar-refractivity contribution is 6.30. The maximum atomic E-state index is 12.7. The zero-order chi connectivity index (χ0) is 18.5. The van der Waals surface area contributed by atoms with Gasteiger partial charge in [-0.3, -0.25) is 9.69 Å². The number of hydrogen-bond acceptors (Lipinski definition) is 4. The molecule has 1 aromatic heterocycles. The molecule has 1 saturated heterocycles. The van der Waals surface area contributed by atoms with Crippen LogP contribution in [0.2, 0.25) is 5.02 Å². The summed E-state index contributed by atoms with van der Waals surface area (Å²) in [6.07, 6.45) is 1.65. The summed E-state index contributed by atoms with van der Waals surface area (Å²) in [5.74, 6) is 0.0790. The SMILES string of the molecule is CC(C)c1c(C(=O)NCCN2CCOCC2)cnn1-c1ccc(Cl)cc1. The fourth-order valence-electron chi connectivity index (χ4n) is 3.12. The molecule has 0 aliphatic carbocycles. The van der Waals surface area contributed by atoms with Crippen LogP contribution < -0.4 is 5.32 Å². The number of amides is 1. The number of aromatic nitrogens is 2. The minimum Gasteiger partial charge on any atom is -0.379 e. The number of ether oxygens (including phenoxy) is 1. The van der Waals surface area contributed by atoms with E-state index in [1.54, 1.807) is 6.20 Å². The van der Waals surface area contributed by atoms with E-state index in [-0.39, 0.29) is 11.8 Å². The second-order valence-electron chi connectivity index (χ2n) is 6.70. The molecule has 0 atom stereocenters. The summed E-state index contributed by atoms with van der Waals surface area (Å²) in [7, 11) is 0. The Kier molecular flexibility index (Phi) is 6.29. The number of morpholine rings is 1. The second-order valence-corrected chi connectivity index (χ2v) is 7.13. The molecule has 0 bridgehead atoms. The highest BCUT2D eigenvalue weighted by atomic mass is 35.5. The Labute approximate surface area is 159 Å². The number of nitrogens with zero attached hydrogens (tertiary/aromatic N) is 3. The molecule has 1 aliphatic heterocycles. The van der Waals surface area contributed by atoms with Crippen molar-refractivity contribution in [1.29, 1.82) is 0 Å². The zero-order valence-electron chi connectivity index (χ0n) is 15.2. The quantitative estimate of drug-likeness (QED) is 0.842. The average Bonchev–Trinajstić information content (AvgIpc) is 3.08. The number of benzene rings is 1. The number of rotatable bonds is 6. The summed E-state index contributed by atoms with van der Waals surface area (Å²) in [6.45, 7) is 8.93. The minimum absolute atomic E-state index is 0.0813. The standard InChI is InChI=1S/C19H25ClN4O2/c1-14(2)18-17(13-22-24(18)16-5-3-15(20)4-6-16)19(25)21-7-8-23-9-11-26-12-10-23/h3-6,13-14H,7-12H2,1-2H3,(H,21,25). The van der Waals surface area contributed by atoms with Gasteiger partial charge in [0.05, 0.1) is 36.4 Å². The molecular formula is C19H25ClN4O2. The predicted molar refractivity (Wildman–Crippen MR) is 102 cm³/mol. The van der Waals surface area contributed by atoms with Crippen molar-refractivity contribution in [2.75, 3.05) is 39.4 Å². The molecule has 2 aromatic rings. The maximum Gasteiger partial charge on any atom is 0.254 e. The molecular weight excluding hydrogens is 352 g/mol. The van der Waals surface area contributed by atoms with Crippen molar-refractivity contribution in [3.8, 4) is 5.69 Å². The molecule has 0 unspecified atom stereocenters. The van der Waals surface area contributed by atoms with E-state index in [4.69, 9.17) is 16.3 Å². The van der Waals surface area contributed by atoms with Crippen molar-refractivity contribution in [3.63, 3.8) is 0 Å². The molecule has 7 heteroatoms. The zero-order valence-corrected chi connectivity index (χ0v) is 16.0. The fourth-order valence-corrected chi connectivity index (χ4v) is 3.25. The first-order chi connectivity index (χ1) is 12.6. The molecule has 26 heavy (non-hydrogen) atoms. The van der Waals surface area contributed by atoms with E-state index in [2.05, 4.69) is 29.2 Å². The van der Waals surface area contributed by atoms with E-state index in [0.717, 1.165) is 44.2 Å². The van der Waals surface area contributed by atoms with Crippen molar-refractivity contribution < 1.29 is 9.53 Å². The third kappa shape index (κ3) is 4.44. The number of halogens is 1. The molecule has 3 rings (SSSR count). The molecule has 1 fully saturated rings. The van der Waals surface area contributed by atoms with E-state index in [1.165, 1.54) is 0 Å². The summed E-state index contributed by atoms with van der Waals surface area (Å²) < 4.78 is 7.16. The van der Waals surface area contributed by atoms with Gasteiger partial charge < -0.3 is 10.1 Å². The lowest BCUT2D eigenvalue weighted by atomic mass is 10.1. The number of carbonyl (C=O) groups excluding carboxylic acids is 1. The van der Waals surface area contributed by atoms with E-state index in [9.17, 15) is 4.79 Å². The van der Waals surface area contributed by atoms with Crippen LogP contribution in [-0.4, -0.2) is 60.0 Å². The second kappa shape index (κ2) is 8.66. The lowest BCUT2D eigenvalue weighted by molar-refractivity contribution is 0.0383. The Bertz CT molecular complexity index is 736. The van der Waals surface area contributed by atoms with Gasteiger partial charge in [0.2, 0.25) is 0 Å². The number of carbonyl (C=O) groups is 1. The van der Waals surface area contributed by atoms with Crippen LogP contribution in [0.1, 0.15) is 35.8 Å². The Hall–Kier alpha value is -1.89. The summed E-state index contributed by atoms with van der Waals surface area (Å²) in [4.78, 5) is 15.0. The molecule has 1 aromatic carbocycles. The molecule has 0 spiro atoms. The van der Waals surface area contributed by atoms with Crippen LogP contribution in [0.5, 0.6) is 0 Å². The van der Waals surface area contributed by atoms with Gasteiger partial charge in [-0.1, -0.05) is 25.4 Å². The third-order valence-corrected chi connectivity index (χ3v) is 4.74. The lowest BCUT2D eigenvalue weighted by Gasteiger charge is -2.26. The van der Waals surface area contributed by atoms with Crippen LogP contribution in [0.25, 0.3) is 5.69 Å². The van der Waals surface area contributed by atoms with Gasteiger partial charge in [0.1, 0.15) is 0 Å². The van der Waals surface area contributed by atoms with Gasteiger partial charge in [-0.05, 0) is 30.2 Å². The fraction of sp³-hybridized carbons (Fsp3) is 0.474.